The van der Waals surface area contributed by atoms with Crippen molar-refractivity contribution in [3.63, 3.8) is 0 Å². The van der Waals surface area contributed by atoms with Crippen LogP contribution in [-0.4, -0.2) is 54.4 Å². The predicted octanol–water partition coefficient (Wildman–Crippen LogP) is 3.43. The summed E-state index contributed by atoms with van der Waals surface area (Å²) in [5.74, 6) is 0.713. The van der Waals surface area contributed by atoms with Crippen molar-refractivity contribution in [2.45, 2.75) is 65.0 Å². The summed E-state index contributed by atoms with van der Waals surface area (Å²) in [6, 6.07) is 8.22. The lowest BCUT2D eigenvalue weighted by molar-refractivity contribution is -0.159. The van der Waals surface area contributed by atoms with E-state index in [1.807, 2.05) is 45.0 Å². The number of benzene rings is 1. The molecule has 5 heteroatoms. The summed E-state index contributed by atoms with van der Waals surface area (Å²) in [7, 11) is 1.66. The fourth-order valence-electron chi connectivity index (χ4n) is 4.16. The Bertz CT molecular complexity index is 615. The molecule has 1 saturated heterocycles. The first-order valence-electron chi connectivity index (χ1n) is 9.96. The second-order valence-electron chi connectivity index (χ2n) is 8.43. The molecule has 1 aliphatic rings. The maximum absolute atomic E-state index is 12.9. The number of aliphatic hydroxyl groups is 1. The molecule has 2 rings (SSSR count). The SMILES string of the molecule is CCOC(=O)C1(Cc2cccc(OC)c2)CCN([C@H](C)CC(C)(C)O)CC1. The van der Waals surface area contributed by atoms with Crippen LogP contribution in [-0.2, 0) is 16.0 Å². The van der Waals surface area contributed by atoms with E-state index in [1.165, 1.54) is 0 Å². The molecule has 0 radical (unpaired) electrons. The first kappa shape index (κ1) is 21.7. The van der Waals surface area contributed by atoms with E-state index in [1.54, 1.807) is 7.11 Å². The maximum atomic E-state index is 12.9. The number of rotatable bonds is 8. The number of carbonyl (C=O) groups is 1. The highest BCUT2D eigenvalue weighted by molar-refractivity contribution is 5.77. The van der Waals surface area contributed by atoms with Crippen molar-refractivity contribution in [2.75, 3.05) is 26.8 Å². The standard InChI is InChI=1S/C22H35NO4/c1-6-27-20(24)22(16-18-8-7-9-19(14-18)26-5)10-12-23(13-11-22)17(2)15-21(3,4)25/h7-9,14,17,25H,6,10-13,15-16H2,1-5H3/t17-/m1/s1. The van der Waals surface area contributed by atoms with Crippen molar-refractivity contribution in [1.82, 2.24) is 4.90 Å². The molecule has 1 N–H and O–H groups in total. The van der Waals surface area contributed by atoms with Gasteiger partial charge < -0.3 is 19.5 Å². The molecule has 0 amide bonds. The molecule has 1 aromatic rings. The molecule has 0 saturated carbocycles. The summed E-state index contributed by atoms with van der Waals surface area (Å²) in [4.78, 5) is 15.2. The van der Waals surface area contributed by atoms with Gasteiger partial charge in [0, 0.05) is 6.04 Å². The van der Waals surface area contributed by atoms with Crippen LogP contribution in [0.4, 0.5) is 0 Å². The van der Waals surface area contributed by atoms with Crippen molar-refractivity contribution in [2.24, 2.45) is 5.41 Å². The van der Waals surface area contributed by atoms with Gasteiger partial charge in [0.25, 0.3) is 0 Å². The number of likely N-dealkylation sites (tertiary alicyclic amines) is 1. The number of carbonyl (C=O) groups excluding carboxylic acids is 1. The average Bonchev–Trinajstić information content (AvgIpc) is 2.61. The lowest BCUT2D eigenvalue weighted by Gasteiger charge is -2.43. The number of hydrogen-bond donors (Lipinski definition) is 1. The lowest BCUT2D eigenvalue weighted by atomic mass is 9.73. The molecular formula is C22H35NO4. The van der Waals surface area contributed by atoms with Gasteiger partial charge in [0.05, 0.1) is 24.7 Å². The molecule has 5 nitrogen and oxygen atoms in total. The van der Waals surface area contributed by atoms with Crippen LogP contribution >= 0.6 is 0 Å². The topological polar surface area (TPSA) is 59.0 Å². The average molecular weight is 378 g/mol. The van der Waals surface area contributed by atoms with Crippen molar-refractivity contribution in [1.29, 1.82) is 0 Å². The van der Waals surface area contributed by atoms with Gasteiger partial charge in [-0.1, -0.05) is 12.1 Å². The largest absolute Gasteiger partial charge is 0.497 e. The van der Waals surface area contributed by atoms with Crippen LogP contribution in [0, 0.1) is 5.41 Å². The zero-order valence-corrected chi connectivity index (χ0v) is 17.5. The van der Waals surface area contributed by atoms with Crippen molar-refractivity contribution < 1.29 is 19.4 Å². The van der Waals surface area contributed by atoms with Gasteiger partial charge in [-0.2, -0.15) is 0 Å². The van der Waals surface area contributed by atoms with Gasteiger partial charge in [-0.15, -0.1) is 0 Å². The molecule has 0 spiro atoms. The van der Waals surface area contributed by atoms with E-state index < -0.39 is 11.0 Å². The minimum absolute atomic E-state index is 0.0948. The summed E-state index contributed by atoms with van der Waals surface area (Å²) in [6.45, 7) is 9.77. The summed E-state index contributed by atoms with van der Waals surface area (Å²) >= 11 is 0. The molecule has 0 aromatic heterocycles. The van der Waals surface area contributed by atoms with E-state index in [4.69, 9.17) is 9.47 Å². The number of hydrogen-bond acceptors (Lipinski definition) is 5. The molecule has 1 aromatic carbocycles. The highest BCUT2D eigenvalue weighted by atomic mass is 16.5. The van der Waals surface area contributed by atoms with Gasteiger partial charge in [-0.25, -0.2) is 0 Å². The lowest BCUT2D eigenvalue weighted by Crippen LogP contribution is -2.50. The quantitative estimate of drug-likeness (QED) is 0.704. The fraction of sp³-hybridized carbons (Fsp3) is 0.682. The van der Waals surface area contributed by atoms with Crippen LogP contribution in [0.2, 0.25) is 0 Å². The fourth-order valence-corrected chi connectivity index (χ4v) is 4.16. The van der Waals surface area contributed by atoms with Gasteiger partial charge >= 0.3 is 5.97 Å². The first-order valence-corrected chi connectivity index (χ1v) is 9.96. The van der Waals surface area contributed by atoms with Gasteiger partial charge in [0.2, 0.25) is 0 Å². The third-order valence-electron chi connectivity index (χ3n) is 5.56. The van der Waals surface area contributed by atoms with E-state index in [-0.39, 0.29) is 12.0 Å². The van der Waals surface area contributed by atoms with E-state index in [0.29, 0.717) is 13.0 Å². The summed E-state index contributed by atoms with van der Waals surface area (Å²) in [6.07, 6.45) is 2.91. The monoisotopic (exact) mass is 377 g/mol. The van der Waals surface area contributed by atoms with Crippen LogP contribution in [0.3, 0.4) is 0 Å². The molecule has 1 aliphatic heterocycles. The van der Waals surface area contributed by atoms with Crippen LogP contribution in [0.15, 0.2) is 24.3 Å². The molecule has 152 valence electrons. The van der Waals surface area contributed by atoms with E-state index in [2.05, 4.69) is 11.8 Å². The summed E-state index contributed by atoms with van der Waals surface area (Å²) in [5, 5.41) is 10.1. The third-order valence-corrected chi connectivity index (χ3v) is 5.56. The molecule has 1 atom stereocenters. The van der Waals surface area contributed by atoms with E-state index in [0.717, 1.165) is 43.7 Å². The van der Waals surface area contributed by atoms with Crippen molar-refractivity contribution >= 4 is 5.97 Å². The van der Waals surface area contributed by atoms with Crippen molar-refractivity contribution in [3.8, 4) is 5.75 Å². The summed E-state index contributed by atoms with van der Waals surface area (Å²) in [5.41, 5.74) is -0.0800. The van der Waals surface area contributed by atoms with Crippen molar-refractivity contribution in [3.05, 3.63) is 29.8 Å². The number of nitrogens with zero attached hydrogens (tertiary/aromatic N) is 1. The van der Waals surface area contributed by atoms with E-state index >= 15 is 0 Å². The second-order valence-corrected chi connectivity index (χ2v) is 8.43. The summed E-state index contributed by atoms with van der Waals surface area (Å²) < 4.78 is 10.8. The highest BCUT2D eigenvalue weighted by Crippen LogP contribution is 2.38. The van der Waals surface area contributed by atoms with Crippen LogP contribution in [0.1, 0.15) is 52.5 Å². The third kappa shape index (κ3) is 5.94. The van der Waals surface area contributed by atoms with Gasteiger partial charge in [0.15, 0.2) is 0 Å². The van der Waals surface area contributed by atoms with Gasteiger partial charge in [0.1, 0.15) is 5.75 Å². The molecule has 0 bridgehead atoms. The Hall–Kier alpha value is -1.59. The zero-order valence-electron chi connectivity index (χ0n) is 17.5. The number of ether oxygens (including phenoxy) is 2. The van der Waals surface area contributed by atoms with Crippen LogP contribution in [0.25, 0.3) is 0 Å². The smallest absolute Gasteiger partial charge is 0.312 e. The molecule has 0 aliphatic carbocycles. The number of esters is 1. The van der Waals surface area contributed by atoms with Gasteiger partial charge in [-0.3, -0.25) is 4.79 Å². The van der Waals surface area contributed by atoms with E-state index in [9.17, 15) is 9.90 Å². The predicted molar refractivity (Wildman–Crippen MR) is 107 cm³/mol. The normalized spacial score (nSPS) is 18.7. The first-order chi connectivity index (χ1) is 12.7. The second kappa shape index (κ2) is 9.07. The maximum Gasteiger partial charge on any atom is 0.312 e. The van der Waals surface area contributed by atoms with Crippen LogP contribution < -0.4 is 4.74 Å². The minimum Gasteiger partial charge on any atom is -0.497 e. The molecule has 1 fully saturated rings. The van der Waals surface area contributed by atoms with Crippen LogP contribution in [0.5, 0.6) is 5.75 Å². The highest BCUT2D eigenvalue weighted by Gasteiger charge is 2.43. The minimum atomic E-state index is -0.685. The Morgan fingerprint density at radius 2 is 2.00 bits per heavy atom. The number of methoxy groups -OCH3 is 1. The number of piperidine rings is 1. The molecular weight excluding hydrogens is 342 g/mol. The zero-order chi connectivity index (χ0) is 20.1. The Kier molecular flexibility index (Phi) is 7.29. The Morgan fingerprint density at radius 1 is 1.33 bits per heavy atom. The Balaban J connectivity index is 2.13. The molecule has 0 unspecified atom stereocenters. The Morgan fingerprint density at radius 3 is 2.56 bits per heavy atom. The molecule has 27 heavy (non-hydrogen) atoms. The molecule has 1 heterocycles. The Labute approximate surface area is 163 Å². The van der Waals surface area contributed by atoms with Gasteiger partial charge in [-0.05, 0) is 84.2 Å².